The maximum absolute atomic E-state index is 13.0. The third-order valence-electron chi connectivity index (χ3n) is 4.18. The molecule has 2 N–H and O–H groups in total. The van der Waals surface area contributed by atoms with Gasteiger partial charge in [-0.05, 0) is 17.7 Å². The molecule has 1 atom stereocenters. The molecule has 8 heteroatoms. The molecule has 0 aliphatic carbocycles. The number of benzene rings is 2. The molecule has 2 aromatic carbocycles. The number of esters is 1. The molecule has 1 aromatic heterocycles. The van der Waals surface area contributed by atoms with Crippen LogP contribution in [-0.4, -0.2) is 28.5 Å². The summed E-state index contributed by atoms with van der Waals surface area (Å²) in [6, 6.07) is 16.0. The second-order valence-electron chi connectivity index (χ2n) is 6.01. The van der Waals surface area contributed by atoms with Crippen LogP contribution < -0.4 is 11.3 Å². The molecule has 0 aliphatic rings. The predicted molar refractivity (Wildman–Crippen MR) is 107 cm³/mol. The molecule has 1 unspecified atom stereocenters. The predicted octanol–water partition coefficient (Wildman–Crippen LogP) is 2.28. The zero-order chi connectivity index (χ0) is 20.1. The number of carbonyl (C=O) groups excluding carboxylic acids is 2. The van der Waals surface area contributed by atoms with Gasteiger partial charge in [-0.25, -0.2) is 4.98 Å². The van der Waals surface area contributed by atoms with Crippen LogP contribution in [0.2, 0.25) is 0 Å². The highest BCUT2D eigenvalue weighted by molar-refractivity contribution is 8.00. The molecule has 0 bridgehead atoms. The summed E-state index contributed by atoms with van der Waals surface area (Å²) in [5.74, 6) is -0.983. The molecule has 144 valence electrons. The Morgan fingerprint density at radius 1 is 1.14 bits per heavy atom. The van der Waals surface area contributed by atoms with E-state index in [1.54, 1.807) is 36.4 Å². The van der Waals surface area contributed by atoms with Gasteiger partial charge in [0, 0.05) is 6.54 Å². The van der Waals surface area contributed by atoms with E-state index in [9.17, 15) is 14.4 Å². The third-order valence-corrected chi connectivity index (χ3v) is 5.44. The van der Waals surface area contributed by atoms with Gasteiger partial charge in [-0.1, -0.05) is 54.2 Å². The molecule has 0 saturated heterocycles. The molecule has 0 radical (unpaired) electrons. The Bertz CT molecular complexity index is 1070. The number of nitrogens with two attached hydrogens (primary N) is 1. The highest BCUT2D eigenvalue weighted by Gasteiger charge is 2.23. The van der Waals surface area contributed by atoms with Crippen molar-refractivity contribution in [2.24, 2.45) is 5.73 Å². The number of hydrogen-bond donors (Lipinski definition) is 1. The number of rotatable bonds is 7. The summed E-state index contributed by atoms with van der Waals surface area (Å²) in [4.78, 5) is 41.2. The summed E-state index contributed by atoms with van der Waals surface area (Å²) in [6.45, 7) is 0.0892. The molecule has 1 amide bonds. The van der Waals surface area contributed by atoms with Gasteiger partial charge in [0.15, 0.2) is 5.16 Å². The van der Waals surface area contributed by atoms with Crippen molar-refractivity contribution in [2.45, 2.75) is 23.4 Å². The second-order valence-corrected chi connectivity index (χ2v) is 7.08. The van der Waals surface area contributed by atoms with Crippen molar-refractivity contribution in [1.82, 2.24) is 9.55 Å². The van der Waals surface area contributed by atoms with Crippen LogP contribution in [0.15, 0.2) is 64.5 Å². The number of methoxy groups -OCH3 is 1. The van der Waals surface area contributed by atoms with Crippen LogP contribution in [0, 0.1) is 0 Å². The number of carbonyl (C=O) groups is 2. The summed E-state index contributed by atoms with van der Waals surface area (Å²) in [5, 5.41) is 0.0333. The normalized spacial score (nSPS) is 11.9. The molecule has 0 aliphatic heterocycles. The largest absolute Gasteiger partial charge is 0.469 e. The van der Waals surface area contributed by atoms with Gasteiger partial charge in [0.05, 0.1) is 24.4 Å². The fourth-order valence-electron chi connectivity index (χ4n) is 2.76. The lowest BCUT2D eigenvalue weighted by atomic mass is 10.1. The van der Waals surface area contributed by atoms with E-state index < -0.39 is 17.1 Å². The average molecular weight is 397 g/mol. The van der Waals surface area contributed by atoms with E-state index in [4.69, 9.17) is 5.73 Å². The lowest BCUT2D eigenvalue weighted by Crippen LogP contribution is -2.26. The number of fused-ring (bicyclic) bond motifs is 1. The molecule has 0 fully saturated rings. The van der Waals surface area contributed by atoms with Gasteiger partial charge in [0.2, 0.25) is 5.91 Å². The summed E-state index contributed by atoms with van der Waals surface area (Å²) in [5.41, 5.74) is 6.55. The molecule has 0 saturated carbocycles. The SMILES string of the molecule is COC(=O)CCn1c(SC(C(N)=O)c2ccccc2)nc2ccccc2c1=O. The Hall–Kier alpha value is -3.13. The van der Waals surface area contributed by atoms with Crippen molar-refractivity contribution < 1.29 is 14.3 Å². The lowest BCUT2D eigenvalue weighted by Gasteiger charge is -2.17. The Balaban J connectivity index is 2.08. The zero-order valence-electron chi connectivity index (χ0n) is 15.2. The van der Waals surface area contributed by atoms with Gasteiger partial charge in [0.1, 0.15) is 5.25 Å². The van der Waals surface area contributed by atoms with Crippen LogP contribution in [0.5, 0.6) is 0 Å². The maximum atomic E-state index is 13.0. The van der Waals surface area contributed by atoms with Crippen molar-refractivity contribution in [3.63, 3.8) is 0 Å². The fraction of sp³-hybridized carbons (Fsp3) is 0.200. The summed E-state index contributed by atoms with van der Waals surface area (Å²) in [7, 11) is 1.29. The van der Waals surface area contributed by atoms with Crippen molar-refractivity contribution in [3.05, 3.63) is 70.5 Å². The topological polar surface area (TPSA) is 104 Å². The minimum absolute atomic E-state index is 0.0105. The summed E-state index contributed by atoms with van der Waals surface area (Å²) in [6.07, 6.45) is 0.0105. The van der Waals surface area contributed by atoms with Crippen LogP contribution in [0.1, 0.15) is 17.2 Å². The zero-order valence-corrected chi connectivity index (χ0v) is 16.0. The average Bonchev–Trinajstić information content (AvgIpc) is 2.71. The van der Waals surface area contributed by atoms with E-state index in [0.717, 1.165) is 11.8 Å². The molecular weight excluding hydrogens is 378 g/mol. The Morgan fingerprint density at radius 3 is 2.50 bits per heavy atom. The smallest absolute Gasteiger partial charge is 0.307 e. The molecular formula is C20H19N3O4S. The minimum Gasteiger partial charge on any atom is -0.469 e. The Morgan fingerprint density at radius 2 is 1.82 bits per heavy atom. The molecule has 3 rings (SSSR count). The monoisotopic (exact) mass is 397 g/mol. The molecule has 1 heterocycles. The number of primary amides is 1. The van der Waals surface area contributed by atoms with Crippen molar-refractivity contribution >= 4 is 34.5 Å². The van der Waals surface area contributed by atoms with Crippen molar-refractivity contribution in [2.75, 3.05) is 7.11 Å². The van der Waals surface area contributed by atoms with E-state index in [1.807, 2.05) is 18.2 Å². The number of nitrogens with zero attached hydrogens (tertiary/aromatic N) is 2. The van der Waals surface area contributed by atoms with Crippen LogP contribution in [0.4, 0.5) is 0 Å². The van der Waals surface area contributed by atoms with Crippen LogP contribution in [-0.2, 0) is 20.9 Å². The quantitative estimate of drug-likeness (QED) is 0.373. The Labute approximate surface area is 165 Å². The first-order valence-electron chi connectivity index (χ1n) is 8.58. The summed E-state index contributed by atoms with van der Waals surface area (Å²) < 4.78 is 6.06. The molecule has 3 aromatic rings. The van der Waals surface area contributed by atoms with Crippen molar-refractivity contribution in [1.29, 1.82) is 0 Å². The number of amides is 1. The van der Waals surface area contributed by atoms with Crippen LogP contribution >= 0.6 is 11.8 Å². The number of thioether (sulfide) groups is 1. The molecule has 7 nitrogen and oxygen atoms in total. The van der Waals surface area contributed by atoms with Gasteiger partial charge in [0.25, 0.3) is 5.56 Å². The number of hydrogen-bond acceptors (Lipinski definition) is 6. The first-order chi connectivity index (χ1) is 13.5. The second kappa shape index (κ2) is 8.71. The van der Waals surface area contributed by atoms with Crippen LogP contribution in [0.25, 0.3) is 10.9 Å². The third kappa shape index (κ3) is 4.23. The summed E-state index contributed by atoms with van der Waals surface area (Å²) >= 11 is 1.09. The molecule has 28 heavy (non-hydrogen) atoms. The van der Waals surface area contributed by atoms with Gasteiger partial charge in [-0.15, -0.1) is 0 Å². The van der Waals surface area contributed by atoms with E-state index in [-0.39, 0.29) is 18.5 Å². The highest BCUT2D eigenvalue weighted by atomic mass is 32.2. The van der Waals surface area contributed by atoms with E-state index in [2.05, 4.69) is 9.72 Å². The number of aromatic nitrogens is 2. The van der Waals surface area contributed by atoms with E-state index >= 15 is 0 Å². The fourth-order valence-corrected chi connectivity index (χ4v) is 3.84. The highest BCUT2D eigenvalue weighted by Crippen LogP contribution is 2.34. The number of para-hydroxylation sites is 1. The number of ether oxygens (including phenoxy) is 1. The van der Waals surface area contributed by atoms with Gasteiger partial charge < -0.3 is 10.5 Å². The van der Waals surface area contributed by atoms with E-state index in [0.29, 0.717) is 21.6 Å². The lowest BCUT2D eigenvalue weighted by molar-refractivity contribution is -0.140. The van der Waals surface area contributed by atoms with Gasteiger partial charge in [-0.2, -0.15) is 0 Å². The van der Waals surface area contributed by atoms with Gasteiger partial charge in [-0.3, -0.25) is 19.0 Å². The first kappa shape index (κ1) is 19.6. The van der Waals surface area contributed by atoms with Crippen LogP contribution in [0.3, 0.4) is 0 Å². The maximum Gasteiger partial charge on any atom is 0.307 e. The van der Waals surface area contributed by atoms with E-state index in [1.165, 1.54) is 11.7 Å². The van der Waals surface area contributed by atoms with Gasteiger partial charge >= 0.3 is 5.97 Å². The Kier molecular flexibility index (Phi) is 6.10. The van der Waals surface area contributed by atoms with Crippen molar-refractivity contribution in [3.8, 4) is 0 Å². The standard InChI is InChI=1S/C20H19N3O4S/c1-27-16(24)11-12-23-19(26)14-9-5-6-10-15(14)22-20(23)28-17(18(21)25)13-7-3-2-4-8-13/h2-10,17H,11-12H2,1H3,(H2,21,25). The minimum atomic E-state index is -0.723. The first-order valence-corrected chi connectivity index (χ1v) is 9.46. The molecule has 0 spiro atoms.